The molecule has 1 aromatic heterocycles. The Balaban J connectivity index is 1.96. The van der Waals surface area contributed by atoms with Gasteiger partial charge in [-0.05, 0) is 39.2 Å². The molecule has 21 heavy (non-hydrogen) atoms. The van der Waals surface area contributed by atoms with Gasteiger partial charge in [-0.1, -0.05) is 6.07 Å². The molecule has 1 heterocycles. The Hall–Kier alpha value is -2.11. The van der Waals surface area contributed by atoms with Crippen LogP contribution in [0.1, 0.15) is 43.6 Å². The van der Waals surface area contributed by atoms with E-state index in [9.17, 15) is 9.59 Å². The zero-order valence-corrected chi connectivity index (χ0v) is 12.2. The molecule has 0 unspecified atom stereocenters. The van der Waals surface area contributed by atoms with Crippen molar-refractivity contribution >= 4 is 11.9 Å². The lowest BCUT2D eigenvalue weighted by atomic mass is 10.1. The third-order valence-electron chi connectivity index (χ3n) is 3.43. The van der Waals surface area contributed by atoms with Gasteiger partial charge in [0.1, 0.15) is 5.69 Å². The van der Waals surface area contributed by atoms with Gasteiger partial charge in [0.15, 0.2) is 0 Å². The number of pyridine rings is 1. The molecule has 0 saturated heterocycles. The van der Waals surface area contributed by atoms with Gasteiger partial charge in [-0.3, -0.25) is 9.59 Å². The molecule has 0 aromatic carbocycles. The molecule has 1 aliphatic rings. The van der Waals surface area contributed by atoms with Gasteiger partial charge in [0.2, 0.25) is 5.88 Å². The molecule has 114 valence electrons. The van der Waals surface area contributed by atoms with Crippen LogP contribution in [0.25, 0.3) is 0 Å². The third-order valence-corrected chi connectivity index (χ3v) is 3.43. The lowest BCUT2D eigenvalue weighted by Crippen LogP contribution is -2.33. The van der Waals surface area contributed by atoms with E-state index in [-0.39, 0.29) is 29.7 Å². The Kier molecular flexibility index (Phi) is 4.77. The molecule has 0 aliphatic heterocycles. The van der Waals surface area contributed by atoms with Crippen LogP contribution < -0.4 is 10.1 Å². The molecular formula is C15H20N2O4. The maximum atomic E-state index is 12.1. The van der Waals surface area contributed by atoms with Crippen molar-refractivity contribution in [2.45, 2.75) is 45.3 Å². The van der Waals surface area contributed by atoms with Crippen LogP contribution in [0.4, 0.5) is 0 Å². The first-order valence-electron chi connectivity index (χ1n) is 7.13. The Morgan fingerprint density at radius 2 is 2.14 bits per heavy atom. The first-order chi connectivity index (χ1) is 9.95. The van der Waals surface area contributed by atoms with E-state index in [1.54, 1.807) is 18.2 Å². The number of carboxylic acids is 1. The highest BCUT2D eigenvalue weighted by Crippen LogP contribution is 2.25. The minimum absolute atomic E-state index is 0.0121. The van der Waals surface area contributed by atoms with E-state index < -0.39 is 5.97 Å². The molecule has 1 fully saturated rings. The number of nitrogens with one attached hydrogen (secondary N) is 1. The summed E-state index contributed by atoms with van der Waals surface area (Å²) in [5, 5.41) is 11.8. The lowest BCUT2D eigenvalue weighted by Gasteiger charge is -2.13. The zero-order chi connectivity index (χ0) is 15.4. The van der Waals surface area contributed by atoms with Crippen LogP contribution in [0.3, 0.4) is 0 Å². The first kappa shape index (κ1) is 15.3. The van der Waals surface area contributed by atoms with Crippen molar-refractivity contribution in [1.29, 1.82) is 0 Å². The summed E-state index contributed by atoms with van der Waals surface area (Å²) in [7, 11) is 0. The van der Waals surface area contributed by atoms with Gasteiger partial charge in [0.05, 0.1) is 12.0 Å². The molecule has 1 amide bonds. The van der Waals surface area contributed by atoms with Crippen LogP contribution in [0.5, 0.6) is 5.88 Å². The van der Waals surface area contributed by atoms with E-state index in [4.69, 9.17) is 9.84 Å². The smallest absolute Gasteiger partial charge is 0.306 e. The van der Waals surface area contributed by atoms with Gasteiger partial charge >= 0.3 is 5.97 Å². The Morgan fingerprint density at radius 3 is 2.76 bits per heavy atom. The first-order valence-corrected chi connectivity index (χ1v) is 7.13. The largest absolute Gasteiger partial charge is 0.481 e. The third kappa shape index (κ3) is 4.18. The summed E-state index contributed by atoms with van der Waals surface area (Å²) in [6.45, 7) is 3.78. The van der Waals surface area contributed by atoms with Crippen molar-refractivity contribution in [1.82, 2.24) is 10.3 Å². The highest BCUT2D eigenvalue weighted by molar-refractivity contribution is 5.92. The van der Waals surface area contributed by atoms with Crippen molar-refractivity contribution in [2.24, 2.45) is 5.92 Å². The molecule has 1 aliphatic carbocycles. The maximum absolute atomic E-state index is 12.1. The number of rotatable bonds is 5. The number of nitrogens with zero attached hydrogens (tertiary/aromatic N) is 1. The number of amides is 1. The molecule has 2 atom stereocenters. The number of hydrogen-bond acceptors (Lipinski definition) is 4. The topological polar surface area (TPSA) is 88.5 Å². The van der Waals surface area contributed by atoms with Crippen LogP contribution >= 0.6 is 0 Å². The summed E-state index contributed by atoms with van der Waals surface area (Å²) in [5.41, 5.74) is 0.284. The maximum Gasteiger partial charge on any atom is 0.306 e. The van der Waals surface area contributed by atoms with Gasteiger partial charge < -0.3 is 15.2 Å². The highest BCUT2D eigenvalue weighted by Gasteiger charge is 2.30. The number of carbonyl (C=O) groups is 2. The van der Waals surface area contributed by atoms with E-state index >= 15 is 0 Å². The SMILES string of the molecule is CC(C)Oc1cccc(C(=O)N[C@@H]2CC[C@H](C(=O)O)C2)n1. The van der Waals surface area contributed by atoms with E-state index in [0.29, 0.717) is 25.1 Å². The molecule has 0 radical (unpaired) electrons. The minimum Gasteiger partial charge on any atom is -0.481 e. The molecule has 1 saturated carbocycles. The van der Waals surface area contributed by atoms with Gasteiger partial charge in [-0.25, -0.2) is 4.98 Å². The van der Waals surface area contributed by atoms with Crippen molar-refractivity contribution in [3.8, 4) is 5.88 Å². The fraction of sp³-hybridized carbons (Fsp3) is 0.533. The second kappa shape index (κ2) is 6.56. The number of carboxylic acid groups (broad SMARTS) is 1. The summed E-state index contributed by atoms with van der Waals surface area (Å²) >= 11 is 0. The highest BCUT2D eigenvalue weighted by atomic mass is 16.5. The summed E-state index contributed by atoms with van der Waals surface area (Å²) in [5.74, 6) is -1.04. The fourth-order valence-electron chi connectivity index (χ4n) is 2.44. The number of ether oxygens (including phenoxy) is 1. The molecular weight excluding hydrogens is 272 g/mol. The van der Waals surface area contributed by atoms with Crippen molar-refractivity contribution in [3.63, 3.8) is 0 Å². The molecule has 0 spiro atoms. The quantitative estimate of drug-likeness (QED) is 0.864. The summed E-state index contributed by atoms with van der Waals surface area (Å²) in [4.78, 5) is 27.2. The van der Waals surface area contributed by atoms with Crippen molar-refractivity contribution in [3.05, 3.63) is 23.9 Å². The summed E-state index contributed by atoms with van der Waals surface area (Å²) < 4.78 is 5.45. The standard InChI is InChI=1S/C15H20N2O4/c1-9(2)21-13-5-3-4-12(17-13)14(18)16-11-7-6-10(8-11)15(19)20/h3-5,9-11H,6-8H2,1-2H3,(H,16,18)(H,19,20)/t10-,11+/m0/s1. The monoisotopic (exact) mass is 292 g/mol. The minimum atomic E-state index is -0.794. The molecule has 6 nitrogen and oxygen atoms in total. The molecule has 1 aromatic rings. The van der Waals surface area contributed by atoms with Crippen LogP contribution in [0.15, 0.2) is 18.2 Å². The van der Waals surface area contributed by atoms with E-state index in [1.165, 1.54) is 0 Å². The summed E-state index contributed by atoms with van der Waals surface area (Å²) in [6.07, 6.45) is 1.75. The Bertz CT molecular complexity index is 530. The lowest BCUT2D eigenvalue weighted by molar-refractivity contribution is -0.141. The number of aliphatic carboxylic acids is 1. The number of aromatic nitrogens is 1. The van der Waals surface area contributed by atoms with Crippen molar-refractivity contribution in [2.75, 3.05) is 0 Å². The molecule has 2 rings (SSSR count). The van der Waals surface area contributed by atoms with E-state index in [1.807, 2.05) is 13.8 Å². The normalized spacial score (nSPS) is 21.3. The fourth-order valence-corrected chi connectivity index (χ4v) is 2.44. The van der Waals surface area contributed by atoms with Crippen LogP contribution in [0.2, 0.25) is 0 Å². The van der Waals surface area contributed by atoms with E-state index in [0.717, 1.165) is 0 Å². The second-order valence-electron chi connectivity index (χ2n) is 5.55. The predicted octanol–water partition coefficient (Wildman–Crippen LogP) is 1.85. The van der Waals surface area contributed by atoms with Crippen LogP contribution in [-0.4, -0.2) is 34.1 Å². The van der Waals surface area contributed by atoms with E-state index in [2.05, 4.69) is 10.3 Å². The van der Waals surface area contributed by atoms with Gasteiger partial charge in [0, 0.05) is 12.1 Å². The average molecular weight is 292 g/mol. The Labute approximate surface area is 123 Å². The van der Waals surface area contributed by atoms with Crippen LogP contribution in [-0.2, 0) is 4.79 Å². The van der Waals surface area contributed by atoms with Gasteiger partial charge in [-0.2, -0.15) is 0 Å². The molecule has 6 heteroatoms. The molecule has 0 bridgehead atoms. The summed E-state index contributed by atoms with van der Waals surface area (Å²) in [6, 6.07) is 4.93. The number of carbonyl (C=O) groups excluding carboxylic acids is 1. The predicted molar refractivity (Wildman–Crippen MR) is 76.2 cm³/mol. The second-order valence-corrected chi connectivity index (χ2v) is 5.55. The zero-order valence-electron chi connectivity index (χ0n) is 12.2. The average Bonchev–Trinajstić information content (AvgIpc) is 2.87. The van der Waals surface area contributed by atoms with Crippen molar-refractivity contribution < 1.29 is 19.4 Å². The molecule has 2 N–H and O–H groups in total. The van der Waals surface area contributed by atoms with Gasteiger partial charge in [0.25, 0.3) is 5.91 Å². The Morgan fingerprint density at radius 1 is 1.38 bits per heavy atom. The van der Waals surface area contributed by atoms with Crippen LogP contribution in [0, 0.1) is 5.92 Å². The van der Waals surface area contributed by atoms with Gasteiger partial charge in [-0.15, -0.1) is 0 Å². The number of hydrogen-bond donors (Lipinski definition) is 2.